The molecule has 1 unspecified atom stereocenters. The fourth-order valence-corrected chi connectivity index (χ4v) is 2.57. The molecule has 1 aliphatic heterocycles. The molecule has 0 bridgehead atoms. The van der Waals surface area contributed by atoms with Crippen molar-refractivity contribution in [1.29, 1.82) is 0 Å². The van der Waals surface area contributed by atoms with Crippen LogP contribution in [0.5, 0.6) is 5.75 Å². The van der Waals surface area contributed by atoms with Crippen LogP contribution in [0.4, 0.5) is 0 Å². The van der Waals surface area contributed by atoms with Gasteiger partial charge in [0.2, 0.25) is 0 Å². The minimum Gasteiger partial charge on any atom is -0.508 e. The van der Waals surface area contributed by atoms with Crippen molar-refractivity contribution in [2.24, 2.45) is 0 Å². The third kappa shape index (κ3) is 2.04. The van der Waals surface area contributed by atoms with Gasteiger partial charge in [-0.05, 0) is 18.6 Å². The minimum absolute atomic E-state index is 0.0258. The molecule has 20 heavy (non-hydrogen) atoms. The number of aromatic carboxylic acids is 1. The fourth-order valence-electron chi connectivity index (χ4n) is 2.57. The molecular formula is C14H14N2O4. The Bertz CT molecular complexity index is 678. The number of aromatic nitrogens is 2. The van der Waals surface area contributed by atoms with Gasteiger partial charge in [0.15, 0.2) is 5.69 Å². The number of aliphatic hydroxyl groups excluding tert-OH is 1. The number of carboxylic acids is 1. The molecular weight excluding hydrogens is 260 g/mol. The number of hydrogen-bond donors (Lipinski definition) is 3. The SMILES string of the molecule is O=C(O)c1nc(-c2cccc(O)c2)n2c1CC(O)CC2. The zero-order valence-corrected chi connectivity index (χ0v) is 10.7. The van der Waals surface area contributed by atoms with Gasteiger partial charge in [-0.2, -0.15) is 0 Å². The Morgan fingerprint density at radius 1 is 1.40 bits per heavy atom. The Balaban J connectivity index is 2.17. The molecule has 1 atom stereocenters. The van der Waals surface area contributed by atoms with Gasteiger partial charge in [-0.3, -0.25) is 0 Å². The molecule has 104 valence electrons. The number of phenolic OH excluding ortho intramolecular Hbond substituents is 1. The number of fused-ring (bicyclic) bond motifs is 1. The topological polar surface area (TPSA) is 95.6 Å². The van der Waals surface area contributed by atoms with Gasteiger partial charge in [0, 0.05) is 18.5 Å². The van der Waals surface area contributed by atoms with E-state index in [1.165, 1.54) is 0 Å². The Morgan fingerprint density at radius 3 is 2.90 bits per heavy atom. The van der Waals surface area contributed by atoms with Crippen LogP contribution in [-0.2, 0) is 13.0 Å². The first kappa shape index (κ1) is 12.7. The molecule has 0 saturated carbocycles. The van der Waals surface area contributed by atoms with E-state index >= 15 is 0 Å². The Labute approximate surface area is 114 Å². The van der Waals surface area contributed by atoms with Crippen LogP contribution in [0.3, 0.4) is 0 Å². The Morgan fingerprint density at radius 2 is 2.20 bits per heavy atom. The summed E-state index contributed by atoms with van der Waals surface area (Å²) in [6, 6.07) is 6.55. The summed E-state index contributed by atoms with van der Waals surface area (Å²) in [4.78, 5) is 15.5. The van der Waals surface area contributed by atoms with Gasteiger partial charge in [0.25, 0.3) is 0 Å². The molecule has 2 heterocycles. The van der Waals surface area contributed by atoms with Gasteiger partial charge in [0.05, 0.1) is 11.8 Å². The molecule has 0 saturated heterocycles. The molecule has 1 aromatic carbocycles. The summed E-state index contributed by atoms with van der Waals surface area (Å²) in [5.74, 6) is -0.484. The van der Waals surface area contributed by atoms with E-state index in [1.807, 2.05) is 4.57 Å². The molecule has 0 radical (unpaired) electrons. The van der Waals surface area contributed by atoms with E-state index in [-0.39, 0.29) is 17.9 Å². The average Bonchev–Trinajstić information content (AvgIpc) is 2.77. The maximum atomic E-state index is 11.3. The second-order valence-electron chi connectivity index (χ2n) is 4.88. The number of rotatable bonds is 2. The summed E-state index contributed by atoms with van der Waals surface area (Å²) in [5, 5.41) is 28.5. The monoisotopic (exact) mass is 274 g/mol. The van der Waals surface area contributed by atoms with Crippen molar-refractivity contribution in [1.82, 2.24) is 9.55 Å². The minimum atomic E-state index is -1.10. The smallest absolute Gasteiger partial charge is 0.356 e. The summed E-state index contributed by atoms with van der Waals surface area (Å²) in [5.41, 5.74) is 1.17. The van der Waals surface area contributed by atoms with Crippen LogP contribution in [0.1, 0.15) is 22.6 Å². The van der Waals surface area contributed by atoms with Crippen molar-refractivity contribution in [2.45, 2.75) is 25.5 Å². The van der Waals surface area contributed by atoms with Gasteiger partial charge in [-0.25, -0.2) is 9.78 Å². The van der Waals surface area contributed by atoms with Crippen molar-refractivity contribution in [3.63, 3.8) is 0 Å². The largest absolute Gasteiger partial charge is 0.508 e. The molecule has 3 rings (SSSR count). The third-order valence-electron chi connectivity index (χ3n) is 3.49. The number of phenols is 1. The van der Waals surface area contributed by atoms with E-state index in [0.717, 1.165) is 0 Å². The summed E-state index contributed by atoms with van der Waals surface area (Å²) in [7, 11) is 0. The van der Waals surface area contributed by atoms with Crippen LogP contribution in [-0.4, -0.2) is 36.9 Å². The van der Waals surface area contributed by atoms with E-state index < -0.39 is 12.1 Å². The van der Waals surface area contributed by atoms with E-state index in [2.05, 4.69) is 4.98 Å². The molecule has 2 aromatic rings. The van der Waals surface area contributed by atoms with Crippen LogP contribution in [0.25, 0.3) is 11.4 Å². The molecule has 0 aliphatic carbocycles. The predicted molar refractivity (Wildman–Crippen MR) is 70.6 cm³/mol. The van der Waals surface area contributed by atoms with E-state index in [0.29, 0.717) is 30.0 Å². The van der Waals surface area contributed by atoms with Gasteiger partial charge >= 0.3 is 5.97 Å². The molecule has 1 aliphatic rings. The summed E-state index contributed by atoms with van der Waals surface area (Å²) in [6.45, 7) is 0.516. The second-order valence-corrected chi connectivity index (χ2v) is 4.88. The molecule has 6 nitrogen and oxygen atoms in total. The number of nitrogens with zero attached hydrogens (tertiary/aromatic N) is 2. The first-order valence-electron chi connectivity index (χ1n) is 6.36. The first-order chi connectivity index (χ1) is 9.56. The van der Waals surface area contributed by atoms with Gasteiger partial charge in [0.1, 0.15) is 11.6 Å². The Hall–Kier alpha value is -2.34. The first-order valence-corrected chi connectivity index (χ1v) is 6.36. The summed E-state index contributed by atoms with van der Waals surface area (Å²) >= 11 is 0. The van der Waals surface area contributed by atoms with Crippen LogP contribution in [0, 0.1) is 0 Å². The number of aromatic hydroxyl groups is 1. The van der Waals surface area contributed by atoms with Gasteiger partial charge < -0.3 is 19.9 Å². The van der Waals surface area contributed by atoms with Crippen molar-refractivity contribution >= 4 is 5.97 Å². The zero-order chi connectivity index (χ0) is 14.3. The standard InChI is InChI=1S/C14H14N2O4/c17-9-3-1-2-8(6-9)13-15-12(14(19)20)11-7-10(18)4-5-16(11)13/h1-3,6,10,17-18H,4-5,7H2,(H,19,20). The predicted octanol–water partition coefficient (Wildman–Crippen LogP) is 1.26. The van der Waals surface area contributed by atoms with Crippen LogP contribution < -0.4 is 0 Å². The highest BCUT2D eigenvalue weighted by molar-refractivity contribution is 5.88. The van der Waals surface area contributed by atoms with Crippen LogP contribution in [0.2, 0.25) is 0 Å². The van der Waals surface area contributed by atoms with E-state index in [1.54, 1.807) is 24.3 Å². The van der Waals surface area contributed by atoms with Gasteiger partial charge in [-0.15, -0.1) is 0 Å². The molecule has 3 N–H and O–H groups in total. The molecule has 6 heteroatoms. The number of carboxylic acid groups (broad SMARTS) is 1. The van der Waals surface area contributed by atoms with Crippen molar-refractivity contribution < 1.29 is 20.1 Å². The number of carbonyl (C=O) groups is 1. The highest BCUT2D eigenvalue weighted by Crippen LogP contribution is 2.29. The van der Waals surface area contributed by atoms with E-state index in [4.69, 9.17) is 0 Å². The summed E-state index contributed by atoms with van der Waals surface area (Å²) in [6.07, 6.45) is 0.316. The number of benzene rings is 1. The molecule has 0 amide bonds. The highest BCUT2D eigenvalue weighted by atomic mass is 16.4. The number of aliphatic hydroxyl groups is 1. The van der Waals surface area contributed by atoms with Crippen molar-refractivity contribution in [2.75, 3.05) is 0 Å². The van der Waals surface area contributed by atoms with E-state index in [9.17, 15) is 20.1 Å². The third-order valence-corrected chi connectivity index (χ3v) is 3.49. The highest BCUT2D eigenvalue weighted by Gasteiger charge is 2.27. The molecule has 0 spiro atoms. The molecule has 1 aromatic heterocycles. The lowest BCUT2D eigenvalue weighted by Gasteiger charge is -2.21. The van der Waals surface area contributed by atoms with Crippen LogP contribution >= 0.6 is 0 Å². The maximum Gasteiger partial charge on any atom is 0.356 e. The van der Waals surface area contributed by atoms with Crippen LogP contribution in [0.15, 0.2) is 24.3 Å². The Kier molecular flexibility index (Phi) is 2.94. The second kappa shape index (κ2) is 4.64. The quantitative estimate of drug-likeness (QED) is 0.766. The normalized spacial score (nSPS) is 17.8. The fraction of sp³-hybridized carbons (Fsp3) is 0.286. The lowest BCUT2D eigenvalue weighted by molar-refractivity contribution is 0.0687. The molecule has 0 fully saturated rings. The number of hydrogen-bond acceptors (Lipinski definition) is 4. The van der Waals surface area contributed by atoms with Crippen molar-refractivity contribution in [3.05, 3.63) is 35.7 Å². The lowest BCUT2D eigenvalue weighted by Crippen LogP contribution is -2.24. The maximum absolute atomic E-state index is 11.3. The summed E-state index contributed by atoms with van der Waals surface area (Å²) < 4.78 is 1.81. The lowest BCUT2D eigenvalue weighted by atomic mass is 10.0. The number of imidazole rings is 1. The average molecular weight is 274 g/mol. The zero-order valence-electron chi connectivity index (χ0n) is 10.7. The van der Waals surface area contributed by atoms with Gasteiger partial charge in [-0.1, -0.05) is 12.1 Å². The van der Waals surface area contributed by atoms with Crippen molar-refractivity contribution in [3.8, 4) is 17.1 Å².